The van der Waals surface area contributed by atoms with Gasteiger partial charge < -0.3 is 18.6 Å². The van der Waals surface area contributed by atoms with Crippen molar-refractivity contribution in [3.8, 4) is 0 Å². The third kappa shape index (κ3) is 3.51. The molecule has 0 N–H and O–H groups in total. The second-order valence-corrected chi connectivity index (χ2v) is 7.87. The molecule has 158 valence electrons. The maximum atomic E-state index is 13.3. The van der Waals surface area contributed by atoms with E-state index in [1.807, 2.05) is 13.8 Å². The summed E-state index contributed by atoms with van der Waals surface area (Å²) in [4.78, 5) is 46.2. The molecule has 3 aromatic heterocycles. The van der Waals surface area contributed by atoms with Crippen LogP contribution in [0.15, 0.2) is 38.4 Å². The van der Waals surface area contributed by atoms with Crippen LogP contribution in [0.2, 0.25) is 0 Å². The van der Waals surface area contributed by atoms with Gasteiger partial charge in [0.15, 0.2) is 5.76 Å². The lowest BCUT2D eigenvalue weighted by Crippen LogP contribution is -2.50. The van der Waals surface area contributed by atoms with Crippen LogP contribution in [0.1, 0.15) is 40.5 Å². The predicted molar refractivity (Wildman–Crippen MR) is 108 cm³/mol. The van der Waals surface area contributed by atoms with Crippen LogP contribution in [0.5, 0.6) is 0 Å². The Kier molecular flexibility index (Phi) is 5.19. The summed E-state index contributed by atoms with van der Waals surface area (Å²) in [6.07, 6.45) is 2.92. The average Bonchev–Trinajstić information content (AvgIpc) is 3.37. The zero-order valence-electron chi connectivity index (χ0n) is 17.3. The van der Waals surface area contributed by atoms with E-state index in [2.05, 4.69) is 4.98 Å². The van der Waals surface area contributed by atoms with E-state index in [-0.39, 0.29) is 45.7 Å². The number of fused-ring (bicyclic) bond motifs is 1. The molecule has 9 heteroatoms. The van der Waals surface area contributed by atoms with Gasteiger partial charge in [0.05, 0.1) is 11.8 Å². The van der Waals surface area contributed by atoms with Crippen LogP contribution in [0, 0.1) is 12.8 Å². The van der Waals surface area contributed by atoms with E-state index in [1.54, 1.807) is 28.9 Å². The first-order valence-corrected chi connectivity index (χ1v) is 9.97. The highest BCUT2D eigenvalue weighted by Gasteiger charge is 2.30. The topological polar surface area (TPSA) is 102 Å². The molecule has 0 spiro atoms. The van der Waals surface area contributed by atoms with Crippen LogP contribution in [0.25, 0.3) is 11.1 Å². The molecular weight excluding hydrogens is 388 g/mol. The van der Waals surface area contributed by atoms with Gasteiger partial charge >= 0.3 is 0 Å². The predicted octanol–water partition coefficient (Wildman–Crippen LogP) is 2.15. The molecule has 1 aliphatic heterocycles. The van der Waals surface area contributed by atoms with Gasteiger partial charge in [0.25, 0.3) is 17.4 Å². The summed E-state index contributed by atoms with van der Waals surface area (Å²) in [6, 6.07) is 3.29. The normalized spacial score (nSPS) is 14.7. The number of hydrogen-bond acceptors (Lipinski definition) is 6. The summed E-state index contributed by atoms with van der Waals surface area (Å²) in [5, 5.41) is 0.217. The standard InChI is InChI=1S/C21H24N4O5/c1-13(2)11-25-12-22-18-17(21(25)28)16(14(3)30-18)20(27)24-8-6-23(7-9-24)19(26)15-5-4-10-29-15/h4-5,10,12-13H,6-9,11H2,1-3H3. The summed E-state index contributed by atoms with van der Waals surface area (Å²) in [5.74, 6) is 0.434. The minimum absolute atomic E-state index is 0.174. The number of furan rings is 2. The van der Waals surface area contributed by atoms with Crippen molar-refractivity contribution in [3.05, 3.63) is 52.2 Å². The van der Waals surface area contributed by atoms with Gasteiger partial charge in [-0.1, -0.05) is 13.8 Å². The molecule has 1 saturated heterocycles. The van der Waals surface area contributed by atoms with Crippen molar-refractivity contribution in [2.45, 2.75) is 27.3 Å². The lowest BCUT2D eigenvalue weighted by Gasteiger charge is -2.34. The van der Waals surface area contributed by atoms with Crippen molar-refractivity contribution in [1.29, 1.82) is 0 Å². The molecule has 1 fully saturated rings. The van der Waals surface area contributed by atoms with Gasteiger partial charge in [-0.25, -0.2) is 4.98 Å². The third-order valence-electron chi connectivity index (χ3n) is 5.22. The Bertz CT molecular complexity index is 1130. The van der Waals surface area contributed by atoms with Crippen LogP contribution in [0.3, 0.4) is 0 Å². The number of amides is 2. The average molecular weight is 412 g/mol. The lowest BCUT2D eigenvalue weighted by atomic mass is 10.1. The number of piperazine rings is 1. The van der Waals surface area contributed by atoms with Gasteiger partial charge in [-0.3, -0.25) is 19.0 Å². The smallest absolute Gasteiger partial charge is 0.289 e. The molecule has 2 amide bonds. The minimum Gasteiger partial charge on any atom is -0.459 e. The van der Waals surface area contributed by atoms with E-state index >= 15 is 0 Å². The quantitative estimate of drug-likeness (QED) is 0.651. The molecule has 0 unspecified atom stereocenters. The number of rotatable bonds is 4. The Morgan fingerprint density at radius 2 is 1.80 bits per heavy atom. The Balaban J connectivity index is 1.57. The molecule has 4 rings (SSSR count). The molecule has 9 nitrogen and oxygen atoms in total. The summed E-state index contributed by atoms with van der Waals surface area (Å²) in [5.41, 5.74) is 0.152. The molecule has 4 heterocycles. The van der Waals surface area contributed by atoms with Crippen LogP contribution >= 0.6 is 0 Å². The number of carbonyl (C=O) groups is 2. The van der Waals surface area contributed by atoms with Crippen molar-refractivity contribution in [2.75, 3.05) is 26.2 Å². The number of hydrogen-bond donors (Lipinski definition) is 0. The Labute approximate surface area is 172 Å². The fourth-order valence-corrected chi connectivity index (χ4v) is 3.75. The molecule has 3 aromatic rings. The van der Waals surface area contributed by atoms with E-state index in [0.29, 0.717) is 38.5 Å². The Morgan fingerprint density at radius 1 is 1.13 bits per heavy atom. The highest BCUT2D eigenvalue weighted by molar-refractivity contribution is 6.06. The van der Waals surface area contributed by atoms with Gasteiger partial charge in [0.2, 0.25) is 5.71 Å². The van der Waals surface area contributed by atoms with Gasteiger partial charge in [0, 0.05) is 32.7 Å². The van der Waals surface area contributed by atoms with Gasteiger partial charge in [-0.05, 0) is 25.0 Å². The van der Waals surface area contributed by atoms with Crippen molar-refractivity contribution < 1.29 is 18.4 Å². The first-order valence-electron chi connectivity index (χ1n) is 9.97. The van der Waals surface area contributed by atoms with Gasteiger partial charge in [-0.15, -0.1) is 0 Å². The maximum absolute atomic E-state index is 13.3. The summed E-state index contributed by atoms with van der Waals surface area (Å²) in [6.45, 7) is 7.67. The second kappa shape index (κ2) is 7.81. The van der Waals surface area contributed by atoms with E-state index in [4.69, 9.17) is 8.83 Å². The van der Waals surface area contributed by atoms with Crippen LogP contribution in [-0.2, 0) is 6.54 Å². The monoisotopic (exact) mass is 412 g/mol. The zero-order valence-corrected chi connectivity index (χ0v) is 17.3. The highest BCUT2D eigenvalue weighted by atomic mass is 16.3. The molecule has 30 heavy (non-hydrogen) atoms. The molecule has 0 aliphatic carbocycles. The van der Waals surface area contributed by atoms with Gasteiger partial charge in [0.1, 0.15) is 17.5 Å². The molecular formula is C21H24N4O5. The van der Waals surface area contributed by atoms with Crippen LogP contribution in [0.4, 0.5) is 0 Å². The number of aromatic nitrogens is 2. The van der Waals surface area contributed by atoms with Gasteiger partial charge in [-0.2, -0.15) is 0 Å². The van der Waals surface area contributed by atoms with Crippen molar-refractivity contribution in [2.24, 2.45) is 5.92 Å². The summed E-state index contributed by atoms with van der Waals surface area (Å²) in [7, 11) is 0. The number of nitrogens with zero attached hydrogens (tertiary/aromatic N) is 4. The molecule has 0 bridgehead atoms. The SMILES string of the molecule is Cc1oc2ncn(CC(C)C)c(=O)c2c1C(=O)N1CCN(C(=O)c2ccco2)CC1. The van der Waals surface area contributed by atoms with Crippen LogP contribution in [-0.4, -0.2) is 57.3 Å². The Morgan fingerprint density at radius 3 is 2.40 bits per heavy atom. The second-order valence-electron chi connectivity index (χ2n) is 7.87. The largest absolute Gasteiger partial charge is 0.459 e. The minimum atomic E-state index is -0.280. The van der Waals surface area contributed by atoms with Crippen molar-refractivity contribution in [1.82, 2.24) is 19.4 Å². The van der Waals surface area contributed by atoms with E-state index < -0.39 is 0 Å². The third-order valence-corrected chi connectivity index (χ3v) is 5.22. The zero-order chi connectivity index (χ0) is 21.4. The summed E-state index contributed by atoms with van der Waals surface area (Å²) >= 11 is 0. The summed E-state index contributed by atoms with van der Waals surface area (Å²) < 4.78 is 12.3. The fraction of sp³-hybridized carbons (Fsp3) is 0.429. The molecule has 0 aromatic carbocycles. The number of aryl methyl sites for hydroxylation is 1. The van der Waals surface area contributed by atoms with Crippen molar-refractivity contribution >= 4 is 22.9 Å². The van der Waals surface area contributed by atoms with Crippen LogP contribution < -0.4 is 5.56 Å². The first kappa shape index (κ1) is 19.9. The first-order chi connectivity index (χ1) is 14.4. The van der Waals surface area contributed by atoms with E-state index in [0.717, 1.165) is 0 Å². The Hall–Kier alpha value is -3.36. The lowest BCUT2D eigenvalue weighted by molar-refractivity contribution is 0.0518. The van der Waals surface area contributed by atoms with Crippen molar-refractivity contribution in [3.63, 3.8) is 0 Å². The fourth-order valence-electron chi connectivity index (χ4n) is 3.75. The van der Waals surface area contributed by atoms with E-state index in [9.17, 15) is 14.4 Å². The number of carbonyl (C=O) groups excluding carboxylic acids is 2. The molecule has 0 atom stereocenters. The maximum Gasteiger partial charge on any atom is 0.289 e. The molecule has 0 saturated carbocycles. The highest BCUT2D eigenvalue weighted by Crippen LogP contribution is 2.23. The molecule has 1 aliphatic rings. The molecule has 0 radical (unpaired) electrons. The van der Waals surface area contributed by atoms with E-state index in [1.165, 1.54) is 17.2 Å².